The zero-order valence-corrected chi connectivity index (χ0v) is 10.1. The highest BCUT2D eigenvalue weighted by Crippen LogP contribution is 2.15. The number of nitrogens with one attached hydrogen (secondary N) is 1. The van der Waals surface area contributed by atoms with E-state index in [1.165, 1.54) is 0 Å². The molecule has 70 valence electrons. The van der Waals surface area contributed by atoms with E-state index >= 15 is 0 Å². The summed E-state index contributed by atoms with van der Waals surface area (Å²) in [5, 5.41) is 3.47. The van der Waals surface area contributed by atoms with Crippen molar-refractivity contribution in [3.63, 3.8) is 0 Å². The van der Waals surface area contributed by atoms with Crippen LogP contribution in [0.2, 0.25) is 0 Å². The van der Waals surface area contributed by atoms with E-state index in [0.29, 0.717) is 11.8 Å². The third-order valence-corrected chi connectivity index (χ3v) is 2.32. The molecule has 4 heteroatoms. The molecule has 1 N–H and O–H groups in total. The van der Waals surface area contributed by atoms with Crippen molar-refractivity contribution in [2.24, 2.45) is 0 Å². The minimum absolute atomic E-state index is 0.0231. The van der Waals surface area contributed by atoms with Crippen molar-refractivity contribution in [1.29, 1.82) is 0 Å². The SMILES string of the molecule is O=C(CCBr)Nc1cccc(Br)c1. The Kier molecular flexibility index (Phi) is 4.45. The maximum absolute atomic E-state index is 11.2. The molecular weight excluding hydrogens is 298 g/mol. The first-order valence-corrected chi connectivity index (χ1v) is 5.75. The molecule has 2 nitrogen and oxygen atoms in total. The van der Waals surface area contributed by atoms with E-state index in [1.807, 2.05) is 24.3 Å². The molecule has 0 saturated carbocycles. The number of carbonyl (C=O) groups excluding carboxylic acids is 1. The highest BCUT2D eigenvalue weighted by atomic mass is 79.9. The van der Waals surface area contributed by atoms with E-state index in [0.717, 1.165) is 10.2 Å². The van der Waals surface area contributed by atoms with E-state index in [-0.39, 0.29) is 5.91 Å². The molecule has 0 bridgehead atoms. The van der Waals surface area contributed by atoms with Gasteiger partial charge < -0.3 is 5.32 Å². The third-order valence-electron chi connectivity index (χ3n) is 1.43. The molecule has 1 aromatic rings. The van der Waals surface area contributed by atoms with Gasteiger partial charge in [0.05, 0.1) is 0 Å². The molecule has 1 rings (SSSR count). The zero-order valence-electron chi connectivity index (χ0n) is 6.89. The van der Waals surface area contributed by atoms with Gasteiger partial charge in [0.25, 0.3) is 0 Å². The van der Waals surface area contributed by atoms with Crippen molar-refractivity contribution in [2.45, 2.75) is 6.42 Å². The summed E-state index contributed by atoms with van der Waals surface area (Å²) in [6, 6.07) is 7.52. The number of hydrogen-bond acceptors (Lipinski definition) is 1. The lowest BCUT2D eigenvalue weighted by atomic mass is 10.3. The Morgan fingerprint density at radius 1 is 1.46 bits per heavy atom. The topological polar surface area (TPSA) is 29.1 Å². The normalized spacial score (nSPS) is 9.69. The van der Waals surface area contributed by atoms with Crippen LogP contribution in [0.1, 0.15) is 6.42 Å². The average molecular weight is 307 g/mol. The standard InChI is InChI=1S/C9H9Br2NO/c10-5-4-9(13)12-8-3-1-2-7(11)6-8/h1-3,6H,4-5H2,(H,12,13). The van der Waals surface area contributed by atoms with E-state index in [4.69, 9.17) is 0 Å². The molecule has 0 heterocycles. The van der Waals surface area contributed by atoms with Crippen molar-refractivity contribution in [2.75, 3.05) is 10.6 Å². The molecule has 0 aliphatic rings. The second-order valence-electron chi connectivity index (χ2n) is 2.50. The smallest absolute Gasteiger partial charge is 0.225 e. The number of anilines is 1. The summed E-state index contributed by atoms with van der Waals surface area (Å²) < 4.78 is 0.962. The largest absolute Gasteiger partial charge is 0.326 e. The van der Waals surface area contributed by atoms with Gasteiger partial charge in [0, 0.05) is 21.9 Å². The first-order valence-electron chi connectivity index (χ1n) is 3.84. The number of halogens is 2. The number of alkyl halides is 1. The van der Waals surface area contributed by atoms with Crippen molar-refractivity contribution in [3.8, 4) is 0 Å². The molecule has 0 aromatic heterocycles. The summed E-state index contributed by atoms with van der Waals surface area (Å²) in [5.41, 5.74) is 0.820. The van der Waals surface area contributed by atoms with Crippen LogP contribution in [0.25, 0.3) is 0 Å². The van der Waals surface area contributed by atoms with Crippen molar-refractivity contribution in [3.05, 3.63) is 28.7 Å². The highest BCUT2D eigenvalue weighted by Gasteiger charge is 2.00. The van der Waals surface area contributed by atoms with Crippen LogP contribution in [0.15, 0.2) is 28.7 Å². The minimum Gasteiger partial charge on any atom is -0.326 e. The summed E-state index contributed by atoms with van der Waals surface area (Å²) in [7, 11) is 0. The number of rotatable bonds is 3. The van der Waals surface area contributed by atoms with Gasteiger partial charge in [-0.1, -0.05) is 37.9 Å². The molecule has 1 amide bonds. The summed E-state index contributed by atoms with van der Waals surface area (Å²) in [6.45, 7) is 0. The van der Waals surface area contributed by atoms with Crippen LogP contribution in [0, 0.1) is 0 Å². The van der Waals surface area contributed by atoms with Crippen LogP contribution < -0.4 is 5.32 Å². The fourth-order valence-corrected chi connectivity index (χ4v) is 1.63. The van der Waals surface area contributed by atoms with Gasteiger partial charge >= 0.3 is 0 Å². The Balaban J connectivity index is 2.58. The predicted molar refractivity (Wildman–Crippen MR) is 61.2 cm³/mol. The third kappa shape index (κ3) is 3.91. The Hall–Kier alpha value is -0.350. The van der Waals surface area contributed by atoms with Crippen molar-refractivity contribution < 1.29 is 4.79 Å². The van der Waals surface area contributed by atoms with Gasteiger partial charge in [0.15, 0.2) is 0 Å². The predicted octanol–water partition coefficient (Wildman–Crippen LogP) is 3.17. The van der Waals surface area contributed by atoms with Gasteiger partial charge in [-0.15, -0.1) is 0 Å². The maximum atomic E-state index is 11.2. The Morgan fingerprint density at radius 2 is 2.23 bits per heavy atom. The zero-order chi connectivity index (χ0) is 9.68. The average Bonchev–Trinajstić information content (AvgIpc) is 2.04. The van der Waals surface area contributed by atoms with Gasteiger partial charge in [0.2, 0.25) is 5.91 Å². The fourth-order valence-electron chi connectivity index (χ4n) is 0.876. The number of carbonyl (C=O) groups is 1. The quantitative estimate of drug-likeness (QED) is 0.854. The second-order valence-corrected chi connectivity index (χ2v) is 4.21. The molecule has 0 spiro atoms. The number of hydrogen-bond donors (Lipinski definition) is 1. The summed E-state index contributed by atoms with van der Waals surface area (Å²) in [4.78, 5) is 11.2. The lowest BCUT2D eigenvalue weighted by Crippen LogP contribution is -2.11. The van der Waals surface area contributed by atoms with Crippen LogP contribution >= 0.6 is 31.9 Å². The van der Waals surface area contributed by atoms with Gasteiger partial charge in [-0.3, -0.25) is 4.79 Å². The number of benzene rings is 1. The molecule has 0 atom stereocenters. The molecule has 0 unspecified atom stereocenters. The van der Waals surface area contributed by atoms with E-state index in [2.05, 4.69) is 37.2 Å². The van der Waals surface area contributed by atoms with Crippen LogP contribution in [0.5, 0.6) is 0 Å². The molecular formula is C9H9Br2NO. The van der Waals surface area contributed by atoms with Gasteiger partial charge in [-0.2, -0.15) is 0 Å². The highest BCUT2D eigenvalue weighted by molar-refractivity contribution is 9.10. The van der Waals surface area contributed by atoms with Gasteiger partial charge in [0.1, 0.15) is 0 Å². The van der Waals surface area contributed by atoms with Crippen molar-refractivity contribution >= 4 is 43.5 Å². The van der Waals surface area contributed by atoms with Crippen LogP contribution in [0.4, 0.5) is 5.69 Å². The van der Waals surface area contributed by atoms with E-state index < -0.39 is 0 Å². The van der Waals surface area contributed by atoms with Gasteiger partial charge in [-0.05, 0) is 18.2 Å². The van der Waals surface area contributed by atoms with Crippen LogP contribution in [-0.4, -0.2) is 11.2 Å². The Labute approximate surface area is 94.0 Å². The molecule has 0 fully saturated rings. The first-order chi connectivity index (χ1) is 6.22. The van der Waals surface area contributed by atoms with Crippen molar-refractivity contribution in [1.82, 2.24) is 0 Å². The lowest BCUT2D eigenvalue weighted by Gasteiger charge is -2.03. The minimum atomic E-state index is 0.0231. The molecule has 0 aliphatic heterocycles. The summed E-state index contributed by atoms with van der Waals surface area (Å²) in [6.07, 6.45) is 0.493. The van der Waals surface area contributed by atoms with Gasteiger partial charge in [-0.25, -0.2) is 0 Å². The Morgan fingerprint density at radius 3 is 2.85 bits per heavy atom. The molecule has 1 aromatic carbocycles. The van der Waals surface area contributed by atoms with E-state index in [1.54, 1.807) is 0 Å². The summed E-state index contributed by atoms with van der Waals surface area (Å²) in [5.74, 6) is 0.0231. The molecule has 0 saturated heterocycles. The summed E-state index contributed by atoms with van der Waals surface area (Å²) >= 11 is 6.54. The molecule has 13 heavy (non-hydrogen) atoms. The fraction of sp³-hybridized carbons (Fsp3) is 0.222. The lowest BCUT2D eigenvalue weighted by molar-refractivity contribution is -0.115. The Bertz CT molecular complexity index is 301. The first kappa shape index (κ1) is 10.7. The maximum Gasteiger partial charge on any atom is 0.225 e. The number of amides is 1. The van der Waals surface area contributed by atoms with E-state index in [9.17, 15) is 4.79 Å². The molecule has 0 radical (unpaired) electrons. The van der Waals surface area contributed by atoms with Crippen LogP contribution in [-0.2, 0) is 4.79 Å². The second kappa shape index (κ2) is 5.40. The van der Waals surface area contributed by atoms with Crippen LogP contribution in [0.3, 0.4) is 0 Å². The molecule has 0 aliphatic carbocycles. The monoisotopic (exact) mass is 305 g/mol.